The molecule has 6 heteroatoms. The molecular weight excluding hydrogens is 454 g/mol. The van der Waals surface area contributed by atoms with E-state index in [1.807, 2.05) is 37.3 Å². The Morgan fingerprint density at radius 1 is 1.08 bits per heavy atom. The average molecular weight is 486 g/mol. The Morgan fingerprint density at radius 2 is 1.92 bits per heavy atom. The average Bonchev–Trinajstić information content (AvgIpc) is 3.77. The summed E-state index contributed by atoms with van der Waals surface area (Å²) in [6, 6.07) is 16.0. The SMILES string of the molecule is COC(=O)[C@@H](C)[C@H](c1ccc2c(c1)O[C@H](c1ccc(-c3ccnc(OC)c3)c(C=O)c1)CC2)C1CC1. The Kier molecular flexibility index (Phi) is 6.77. The summed E-state index contributed by atoms with van der Waals surface area (Å²) in [7, 11) is 3.02. The van der Waals surface area contributed by atoms with Crippen molar-refractivity contribution in [2.45, 2.75) is 44.6 Å². The van der Waals surface area contributed by atoms with E-state index < -0.39 is 0 Å². The number of aromatic nitrogens is 1. The van der Waals surface area contributed by atoms with E-state index >= 15 is 0 Å². The molecule has 1 saturated carbocycles. The molecule has 1 aromatic heterocycles. The first-order valence-corrected chi connectivity index (χ1v) is 12.5. The van der Waals surface area contributed by atoms with Crippen molar-refractivity contribution < 1.29 is 23.8 Å². The van der Waals surface area contributed by atoms with Crippen molar-refractivity contribution in [2.24, 2.45) is 11.8 Å². The van der Waals surface area contributed by atoms with E-state index in [4.69, 9.17) is 14.2 Å². The van der Waals surface area contributed by atoms with E-state index in [0.717, 1.165) is 60.0 Å². The number of aldehydes is 1. The molecule has 0 bridgehead atoms. The van der Waals surface area contributed by atoms with Gasteiger partial charge in [-0.2, -0.15) is 0 Å². The van der Waals surface area contributed by atoms with Crippen molar-refractivity contribution in [3.8, 4) is 22.8 Å². The van der Waals surface area contributed by atoms with Gasteiger partial charge < -0.3 is 14.2 Å². The molecule has 0 amide bonds. The molecule has 0 radical (unpaired) electrons. The molecule has 3 atom stereocenters. The lowest BCUT2D eigenvalue weighted by Crippen LogP contribution is -2.23. The molecule has 1 aliphatic heterocycles. The highest BCUT2D eigenvalue weighted by atomic mass is 16.5. The van der Waals surface area contributed by atoms with Gasteiger partial charge in [0.2, 0.25) is 5.88 Å². The molecule has 186 valence electrons. The molecule has 2 heterocycles. The zero-order valence-electron chi connectivity index (χ0n) is 20.9. The number of carbonyl (C=O) groups excluding carboxylic acids is 2. The molecule has 1 fully saturated rings. The first-order valence-electron chi connectivity index (χ1n) is 12.5. The maximum atomic E-state index is 12.3. The fraction of sp³-hybridized carbons (Fsp3) is 0.367. The van der Waals surface area contributed by atoms with Crippen LogP contribution in [0.4, 0.5) is 0 Å². The molecule has 3 aromatic rings. The predicted octanol–water partition coefficient (Wildman–Crippen LogP) is 5.94. The van der Waals surface area contributed by atoms with Crippen LogP contribution in [-0.2, 0) is 16.0 Å². The first-order chi connectivity index (χ1) is 17.5. The highest BCUT2D eigenvalue weighted by molar-refractivity contribution is 5.88. The quantitative estimate of drug-likeness (QED) is 0.290. The van der Waals surface area contributed by atoms with E-state index in [9.17, 15) is 9.59 Å². The summed E-state index contributed by atoms with van der Waals surface area (Å²) in [6.07, 6.45) is 6.40. The largest absolute Gasteiger partial charge is 0.485 e. The van der Waals surface area contributed by atoms with E-state index in [0.29, 0.717) is 17.4 Å². The maximum absolute atomic E-state index is 12.3. The van der Waals surface area contributed by atoms with Crippen molar-refractivity contribution in [1.29, 1.82) is 0 Å². The Hall–Kier alpha value is -3.67. The van der Waals surface area contributed by atoms with Gasteiger partial charge in [0.15, 0.2) is 6.29 Å². The zero-order valence-corrected chi connectivity index (χ0v) is 20.9. The Bertz CT molecular complexity index is 1280. The number of esters is 1. The van der Waals surface area contributed by atoms with E-state index in [1.54, 1.807) is 13.3 Å². The number of hydrogen-bond acceptors (Lipinski definition) is 6. The number of aryl methyl sites for hydroxylation is 1. The highest BCUT2D eigenvalue weighted by Crippen LogP contribution is 2.48. The van der Waals surface area contributed by atoms with Gasteiger partial charge in [0, 0.05) is 17.8 Å². The molecule has 1 aliphatic carbocycles. The van der Waals surface area contributed by atoms with Gasteiger partial charge in [-0.25, -0.2) is 4.98 Å². The third-order valence-electron chi connectivity index (χ3n) is 7.49. The molecular formula is C30H31NO5. The third kappa shape index (κ3) is 4.72. The first kappa shape index (κ1) is 24.0. The smallest absolute Gasteiger partial charge is 0.309 e. The minimum atomic E-state index is -0.200. The molecule has 6 nitrogen and oxygen atoms in total. The number of carbonyl (C=O) groups is 2. The van der Waals surface area contributed by atoms with Crippen LogP contribution in [0.25, 0.3) is 11.1 Å². The van der Waals surface area contributed by atoms with Gasteiger partial charge in [-0.1, -0.05) is 31.2 Å². The van der Waals surface area contributed by atoms with Crippen molar-refractivity contribution in [2.75, 3.05) is 14.2 Å². The lowest BCUT2D eigenvalue weighted by molar-refractivity contribution is -0.145. The summed E-state index contributed by atoms with van der Waals surface area (Å²) < 4.78 is 16.8. The second-order valence-corrected chi connectivity index (χ2v) is 9.74. The summed E-state index contributed by atoms with van der Waals surface area (Å²) in [5.74, 6) is 1.63. The van der Waals surface area contributed by atoms with E-state index in [2.05, 4.69) is 23.2 Å². The Morgan fingerprint density at radius 3 is 2.64 bits per heavy atom. The number of rotatable bonds is 8. The van der Waals surface area contributed by atoms with E-state index in [-0.39, 0.29) is 23.9 Å². The lowest BCUT2D eigenvalue weighted by Gasteiger charge is -2.29. The number of pyridine rings is 1. The van der Waals surface area contributed by atoms with Gasteiger partial charge in [-0.15, -0.1) is 0 Å². The lowest BCUT2D eigenvalue weighted by atomic mass is 9.82. The predicted molar refractivity (Wildman–Crippen MR) is 136 cm³/mol. The van der Waals surface area contributed by atoms with Crippen LogP contribution < -0.4 is 9.47 Å². The molecule has 0 N–H and O–H groups in total. The summed E-state index contributed by atoms with van der Waals surface area (Å²) in [5, 5.41) is 0. The highest BCUT2D eigenvalue weighted by Gasteiger charge is 2.39. The van der Waals surface area contributed by atoms with Crippen LogP contribution in [-0.4, -0.2) is 31.5 Å². The number of nitrogens with zero attached hydrogens (tertiary/aromatic N) is 1. The van der Waals surface area contributed by atoms with Gasteiger partial charge in [-0.3, -0.25) is 9.59 Å². The fourth-order valence-electron chi connectivity index (χ4n) is 5.42. The topological polar surface area (TPSA) is 74.7 Å². The van der Waals surface area contributed by atoms with Crippen molar-refractivity contribution in [3.63, 3.8) is 0 Å². The van der Waals surface area contributed by atoms with Gasteiger partial charge in [0.25, 0.3) is 0 Å². The van der Waals surface area contributed by atoms with Crippen LogP contribution in [0.5, 0.6) is 11.6 Å². The number of ether oxygens (including phenoxy) is 3. The summed E-state index contributed by atoms with van der Waals surface area (Å²) in [6.45, 7) is 1.96. The minimum absolute atomic E-state index is 0.130. The van der Waals surface area contributed by atoms with Crippen LogP contribution in [0.2, 0.25) is 0 Å². The Labute approximate surface area is 211 Å². The van der Waals surface area contributed by atoms with Gasteiger partial charge in [0.05, 0.1) is 20.1 Å². The number of hydrogen-bond donors (Lipinski definition) is 0. The third-order valence-corrected chi connectivity index (χ3v) is 7.49. The molecule has 2 aromatic carbocycles. The molecule has 2 aliphatic rings. The minimum Gasteiger partial charge on any atom is -0.485 e. The standard InChI is InChI=1S/C30H31NO5/c1-18(30(33)35-3)29(20-5-6-20)23-7-4-19-9-11-26(36-27(19)15-23)22-8-10-25(24(14-22)17-32)21-12-13-31-28(16-21)34-2/h4,7-8,10,12-18,20,26,29H,5-6,9,11H2,1-3H3/t18-,26-,29-/m0/s1. The van der Waals surface area contributed by atoms with Crippen LogP contribution >= 0.6 is 0 Å². The van der Waals surface area contributed by atoms with Gasteiger partial charge >= 0.3 is 5.97 Å². The van der Waals surface area contributed by atoms with Gasteiger partial charge in [0.1, 0.15) is 11.9 Å². The second kappa shape index (κ2) is 10.1. The zero-order chi connectivity index (χ0) is 25.2. The number of benzene rings is 2. The summed E-state index contributed by atoms with van der Waals surface area (Å²) in [5.41, 5.74) is 5.58. The van der Waals surface area contributed by atoms with Gasteiger partial charge in [-0.05, 0) is 83.5 Å². The summed E-state index contributed by atoms with van der Waals surface area (Å²) >= 11 is 0. The molecule has 0 unspecified atom stereocenters. The molecule has 36 heavy (non-hydrogen) atoms. The van der Waals surface area contributed by atoms with Crippen molar-refractivity contribution in [3.05, 3.63) is 77.0 Å². The number of fused-ring (bicyclic) bond motifs is 1. The molecule has 0 saturated heterocycles. The summed E-state index contributed by atoms with van der Waals surface area (Å²) in [4.78, 5) is 28.5. The van der Waals surface area contributed by atoms with Crippen LogP contribution in [0, 0.1) is 11.8 Å². The van der Waals surface area contributed by atoms with Crippen LogP contribution in [0.1, 0.15) is 65.3 Å². The van der Waals surface area contributed by atoms with Crippen molar-refractivity contribution >= 4 is 12.3 Å². The van der Waals surface area contributed by atoms with Crippen LogP contribution in [0.15, 0.2) is 54.7 Å². The molecule has 0 spiro atoms. The van der Waals surface area contributed by atoms with Crippen LogP contribution in [0.3, 0.4) is 0 Å². The number of methoxy groups -OCH3 is 2. The van der Waals surface area contributed by atoms with Crippen molar-refractivity contribution in [1.82, 2.24) is 4.98 Å². The normalized spacial score (nSPS) is 18.4. The Balaban J connectivity index is 1.41. The maximum Gasteiger partial charge on any atom is 0.309 e. The second-order valence-electron chi connectivity index (χ2n) is 9.74. The van der Waals surface area contributed by atoms with E-state index in [1.165, 1.54) is 12.7 Å². The fourth-order valence-corrected chi connectivity index (χ4v) is 5.42. The monoisotopic (exact) mass is 485 g/mol. The molecule has 5 rings (SSSR count).